The van der Waals surface area contributed by atoms with Gasteiger partial charge in [0.05, 0.1) is 0 Å². The summed E-state index contributed by atoms with van der Waals surface area (Å²) in [5.74, 6) is 0. The van der Waals surface area contributed by atoms with E-state index >= 15 is 0 Å². The Morgan fingerprint density at radius 2 is 1.69 bits per heavy atom. The van der Waals surface area contributed by atoms with Gasteiger partial charge < -0.3 is 10.2 Å². The highest BCUT2D eigenvalue weighted by atomic mass is 15.1. The molecular weight excluding hydrogens is 160 g/mol. The normalized spacial score (nSPS) is 16.6. The minimum atomic E-state index is 0.626. The van der Waals surface area contributed by atoms with Gasteiger partial charge in [0.2, 0.25) is 0 Å². The van der Waals surface area contributed by atoms with Crippen molar-refractivity contribution in [3.8, 4) is 0 Å². The first-order valence-electron chi connectivity index (χ1n) is 5.44. The van der Waals surface area contributed by atoms with Gasteiger partial charge in [-0.05, 0) is 47.7 Å². The second kappa shape index (κ2) is 6.39. The Balaban J connectivity index is 3.77. The molecule has 0 saturated carbocycles. The molecule has 0 heterocycles. The molecule has 0 spiro atoms. The summed E-state index contributed by atoms with van der Waals surface area (Å²) in [6.07, 6.45) is 1.22. The lowest BCUT2D eigenvalue weighted by Gasteiger charge is -2.30. The largest absolute Gasteiger partial charge is 0.314 e. The van der Waals surface area contributed by atoms with Crippen LogP contribution in [0, 0.1) is 0 Å². The molecule has 2 nitrogen and oxygen atoms in total. The molecule has 0 aliphatic carbocycles. The molecule has 0 bridgehead atoms. The lowest BCUT2D eigenvalue weighted by atomic mass is 10.1. The summed E-state index contributed by atoms with van der Waals surface area (Å²) in [5, 5.41) is 3.44. The zero-order chi connectivity index (χ0) is 10.4. The van der Waals surface area contributed by atoms with E-state index < -0.39 is 0 Å². The third-order valence-electron chi connectivity index (χ3n) is 2.76. The molecule has 0 aliphatic rings. The molecule has 0 aliphatic heterocycles. The van der Waals surface area contributed by atoms with Crippen LogP contribution in [0.2, 0.25) is 0 Å². The van der Waals surface area contributed by atoms with Crippen molar-refractivity contribution in [1.29, 1.82) is 0 Å². The van der Waals surface area contributed by atoms with Crippen LogP contribution in [0.3, 0.4) is 0 Å². The van der Waals surface area contributed by atoms with Crippen molar-refractivity contribution in [3.05, 3.63) is 0 Å². The summed E-state index contributed by atoms with van der Waals surface area (Å²) in [6, 6.07) is 1.93. The summed E-state index contributed by atoms with van der Waals surface area (Å²) >= 11 is 0. The van der Waals surface area contributed by atoms with Crippen LogP contribution in [0.25, 0.3) is 0 Å². The van der Waals surface area contributed by atoms with E-state index in [1.165, 1.54) is 6.42 Å². The number of rotatable bonds is 6. The van der Waals surface area contributed by atoms with Crippen molar-refractivity contribution < 1.29 is 0 Å². The second-order valence-electron chi connectivity index (χ2n) is 4.30. The van der Waals surface area contributed by atoms with E-state index in [0.717, 1.165) is 6.54 Å². The van der Waals surface area contributed by atoms with Gasteiger partial charge in [0.15, 0.2) is 0 Å². The number of nitrogens with zero attached hydrogens (tertiary/aromatic N) is 1. The number of hydrogen-bond donors (Lipinski definition) is 1. The Labute approximate surface area is 83.7 Å². The molecule has 13 heavy (non-hydrogen) atoms. The Bertz CT molecular complexity index is 123. The van der Waals surface area contributed by atoms with E-state index in [1.807, 2.05) is 0 Å². The van der Waals surface area contributed by atoms with Gasteiger partial charge in [0, 0.05) is 18.1 Å². The lowest BCUT2D eigenvalue weighted by molar-refractivity contribution is 0.188. The molecule has 2 unspecified atom stereocenters. The lowest BCUT2D eigenvalue weighted by Crippen LogP contribution is -2.39. The van der Waals surface area contributed by atoms with E-state index in [4.69, 9.17) is 0 Å². The van der Waals surface area contributed by atoms with Gasteiger partial charge in [-0.15, -0.1) is 0 Å². The number of nitrogens with one attached hydrogen (secondary N) is 1. The monoisotopic (exact) mass is 186 g/mol. The average Bonchev–Trinajstić information content (AvgIpc) is 2.03. The van der Waals surface area contributed by atoms with Gasteiger partial charge in [-0.1, -0.05) is 6.92 Å². The third kappa shape index (κ3) is 5.27. The highest BCUT2D eigenvalue weighted by Crippen LogP contribution is 2.07. The van der Waals surface area contributed by atoms with Crippen LogP contribution in [-0.2, 0) is 0 Å². The average molecular weight is 186 g/mol. The SMILES string of the molecule is CCNC(C)CC(C)N(C)C(C)C. The van der Waals surface area contributed by atoms with Crippen molar-refractivity contribution in [2.24, 2.45) is 0 Å². The zero-order valence-electron chi connectivity index (χ0n) is 10.1. The number of hydrogen-bond acceptors (Lipinski definition) is 2. The zero-order valence-corrected chi connectivity index (χ0v) is 10.1. The maximum Gasteiger partial charge on any atom is 0.00812 e. The molecule has 0 rings (SSSR count). The standard InChI is InChI=1S/C11H26N2/c1-7-12-10(4)8-11(5)13(6)9(2)3/h9-12H,7-8H2,1-6H3. The molecule has 0 radical (unpaired) electrons. The van der Waals surface area contributed by atoms with Crippen molar-refractivity contribution in [1.82, 2.24) is 10.2 Å². The van der Waals surface area contributed by atoms with E-state index in [-0.39, 0.29) is 0 Å². The summed E-state index contributed by atoms with van der Waals surface area (Å²) < 4.78 is 0. The van der Waals surface area contributed by atoms with E-state index in [9.17, 15) is 0 Å². The molecule has 2 heteroatoms. The van der Waals surface area contributed by atoms with Gasteiger partial charge in [-0.25, -0.2) is 0 Å². The minimum Gasteiger partial charge on any atom is -0.314 e. The first-order chi connectivity index (χ1) is 5.99. The summed E-state index contributed by atoms with van der Waals surface area (Å²) in [4.78, 5) is 2.42. The quantitative estimate of drug-likeness (QED) is 0.683. The fraction of sp³-hybridized carbons (Fsp3) is 1.00. The predicted molar refractivity (Wildman–Crippen MR) is 60.1 cm³/mol. The smallest absolute Gasteiger partial charge is 0.00812 e. The highest BCUT2D eigenvalue weighted by molar-refractivity contribution is 4.72. The third-order valence-corrected chi connectivity index (χ3v) is 2.76. The van der Waals surface area contributed by atoms with Gasteiger partial charge in [0.25, 0.3) is 0 Å². The van der Waals surface area contributed by atoms with Crippen LogP contribution in [0.15, 0.2) is 0 Å². The van der Waals surface area contributed by atoms with Crippen LogP contribution in [0.4, 0.5) is 0 Å². The molecule has 0 aromatic heterocycles. The van der Waals surface area contributed by atoms with Crippen molar-refractivity contribution >= 4 is 0 Å². The van der Waals surface area contributed by atoms with E-state index in [0.29, 0.717) is 18.1 Å². The highest BCUT2D eigenvalue weighted by Gasteiger charge is 2.14. The molecule has 0 aromatic rings. The van der Waals surface area contributed by atoms with Crippen LogP contribution < -0.4 is 5.32 Å². The van der Waals surface area contributed by atoms with Gasteiger partial charge >= 0.3 is 0 Å². The van der Waals surface area contributed by atoms with Crippen LogP contribution in [0.5, 0.6) is 0 Å². The Hall–Kier alpha value is -0.0800. The maximum absolute atomic E-state index is 3.44. The van der Waals surface area contributed by atoms with Gasteiger partial charge in [-0.2, -0.15) is 0 Å². The Morgan fingerprint density at radius 3 is 2.08 bits per heavy atom. The molecule has 80 valence electrons. The molecule has 0 saturated heterocycles. The van der Waals surface area contributed by atoms with E-state index in [2.05, 4.69) is 51.9 Å². The van der Waals surface area contributed by atoms with Crippen molar-refractivity contribution in [2.45, 2.75) is 59.2 Å². The molecule has 0 fully saturated rings. The second-order valence-corrected chi connectivity index (χ2v) is 4.30. The van der Waals surface area contributed by atoms with Crippen LogP contribution in [-0.4, -0.2) is 36.6 Å². The summed E-state index contributed by atoms with van der Waals surface area (Å²) in [5.41, 5.74) is 0. The first-order valence-corrected chi connectivity index (χ1v) is 5.44. The molecule has 2 atom stereocenters. The van der Waals surface area contributed by atoms with Gasteiger partial charge in [0.1, 0.15) is 0 Å². The van der Waals surface area contributed by atoms with E-state index in [1.54, 1.807) is 0 Å². The van der Waals surface area contributed by atoms with Crippen LogP contribution >= 0.6 is 0 Å². The Morgan fingerprint density at radius 1 is 1.15 bits per heavy atom. The van der Waals surface area contributed by atoms with Crippen molar-refractivity contribution in [3.63, 3.8) is 0 Å². The fourth-order valence-corrected chi connectivity index (χ4v) is 1.62. The van der Waals surface area contributed by atoms with Crippen molar-refractivity contribution in [2.75, 3.05) is 13.6 Å². The summed E-state index contributed by atoms with van der Waals surface area (Å²) in [6.45, 7) is 12.3. The predicted octanol–water partition coefficient (Wildman–Crippen LogP) is 2.10. The molecule has 0 aromatic carbocycles. The molecule has 0 amide bonds. The maximum atomic E-state index is 3.44. The minimum absolute atomic E-state index is 0.626. The fourth-order valence-electron chi connectivity index (χ4n) is 1.62. The van der Waals surface area contributed by atoms with Gasteiger partial charge in [-0.3, -0.25) is 0 Å². The topological polar surface area (TPSA) is 15.3 Å². The summed E-state index contributed by atoms with van der Waals surface area (Å²) in [7, 11) is 2.20. The molecule has 1 N–H and O–H groups in total. The molecular formula is C11H26N2. The van der Waals surface area contributed by atoms with Crippen LogP contribution in [0.1, 0.15) is 41.0 Å². The first kappa shape index (κ1) is 12.9. The Kier molecular flexibility index (Phi) is 6.35.